The Morgan fingerprint density at radius 3 is 2.17 bits per heavy atom. The molecule has 0 aliphatic heterocycles. The minimum Gasteiger partial charge on any atom is -0.325 e. The number of sulfonamides is 1. The number of hydrogen-bond donors (Lipinski definition) is 2. The minimum absolute atomic E-state index is 0.112. The van der Waals surface area contributed by atoms with Gasteiger partial charge in [0.1, 0.15) is 11.9 Å². The van der Waals surface area contributed by atoms with E-state index in [0.29, 0.717) is 5.69 Å². The van der Waals surface area contributed by atoms with Crippen LogP contribution in [0.5, 0.6) is 0 Å². The Kier molecular flexibility index (Phi) is 6.99. The van der Waals surface area contributed by atoms with Crippen molar-refractivity contribution < 1.29 is 17.6 Å². The van der Waals surface area contributed by atoms with Crippen LogP contribution in [0.2, 0.25) is 0 Å². The number of halogens is 2. The van der Waals surface area contributed by atoms with Crippen LogP contribution in [0.15, 0.2) is 83.8 Å². The van der Waals surface area contributed by atoms with E-state index in [2.05, 4.69) is 32.6 Å². The molecule has 150 valence electrons. The van der Waals surface area contributed by atoms with E-state index in [-0.39, 0.29) is 11.3 Å². The zero-order valence-corrected chi connectivity index (χ0v) is 18.2. The minimum atomic E-state index is -4.02. The topological polar surface area (TPSA) is 75.3 Å². The van der Waals surface area contributed by atoms with E-state index in [1.807, 2.05) is 42.5 Å². The van der Waals surface area contributed by atoms with Crippen molar-refractivity contribution in [3.8, 4) is 0 Å². The number of rotatable bonds is 7. The second kappa shape index (κ2) is 9.47. The molecule has 29 heavy (non-hydrogen) atoms. The highest BCUT2D eigenvalue weighted by Gasteiger charge is 2.26. The summed E-state index contributed by atoms with van der Waals surface area (Å²) in [6.07, 6.45) is 0.164. The third kappa shape index (κ3) is 6.09. The molecule has 3 aromatic carbocycles. The first-order valence-electron chi connectivity index (χ1n) is 8.72. The van der Waals surface area contributed by atoms with Crippen molar-refractivity contribution in [3.05, 3.63) is 93.8 Å². The van der Waals surface area contributed by atoms with E-state index in [1.54, 1.807) is 12.1 Å². The Labute approximate surface area is 182 Å². The number of carbonyl (C=O) groups is 1. The van der Waals surface area contributed by atoms with Crippen molar-refractivity contribution in [2.45, 2.75) is 17.4 Å². The summed E-state index contributed by atoms with van der Waals surface area (Å²) in [6, 6.07) is 19.7. The molecular weight excluding hydrogens is 506 g/mol. The molecule has 5 nitrogen and oxygen atoms in total. The average Bonchev–Trinajstić information content (AvgIpc) is 2.70. The predicted octanol–water partition coefficient (Wildman–Crippen LogP) is 3.96. The Bertz CT molecular complexity index is 1070. The highest BCUT2D eigenvalue weighted by molar-refractivity contribution is 14.1. The van der Waals surface area contributed by atoms with Crippen molar-refractivity contribution in [1.82, 2.24) is 4.72 Å². The van der Waals surface area contributed by atoms with Gasteiger partial charge >= 0.3 is 0 Å². The Morgan fingerprint density at radius 2 is 1.55 bits per heavy atom. The normalized spacial score (nSPS) is 12.3. The zero-order chi connectivity index (χ0) is 20.9. The Hall–Kier alpha value is -2.30. The summed E-state index contributed by atoms with van der Waals surface area (Å²) < 4.78 is 42.1. The van der Waals surface area contributed by atoms with E-state index in [9.17, 15) is 17.6 Å². The van der Waals surface area contributed by atoms with E-state index in [4.69, 9.17) is 0 Å². The molecule has 2 N–H and O–H groups in total. The lowest BCUT2D eigenvalue weighted by atomic mass is 10.1. The predicted molar refractivity (Wildman–Crippen MR) is 118 cm³/mol. The molecule has 1 unspecified atom stereocenters. The van der Waals surface area contributed by atoms with Crippen molar-refractivity contribution >= 4 is 44.2 Å². The van der Waals surface area contributed by atoms with Gasteiger partial charge in [-0.2, -0.15) is 4.72 Å². The van der Waals surface area contributed by atoms with Gasteiger partial charge in [0, 0.05) is 9.26 Å². The number of hydrogen-bond acceptors (Lipinski definition) is 3. The van der Waals surface area contributed by atoms with Gasteiger partial charge in [0.05, 0.1) is 4.90 Å². The molecule has 0 heterocycles. The van der Waals surface area contributed by atoms with Gasteiger partial charge in [0.25, 0.3) is 0 Å². The standard InChI is InChI=1S/C21H18FIN2O3S/c22-16-6-12-19(13-7-16)29(27,28)25-20(14-15-4-2-1-3-5-15)21(26)24-18-10-8-17(23)9-11-18/h1-13,20,25H,14H2,(H,24,26). The molecule has 0 aliphatic rings. The smallest absolute Gasteiger partial charge is 0.242 e. The summed E-state index contributed by atoms with van der Waals surface area (Å²) in [6.45, 7) is 0. The summed E-state index contributed by atoms with van der Waals surface area (Å²) in [7, 11) is -4.02. The van der Waals surface area contributed by atoms with Crippen LogP contribution >= 0.6 is 22.6 Å². The van der Waals surface area contributed by atoms with Gasteiger partial charge in [-0.3, -0.25) is 4.79 Å². The Morgan fingerprint density at radius 1 is 0.931 bits per heavy atom. The van der Waals surface area contributed by atoms with Crippen molar-refractivity contribution in [1.29, 1.82) is 0 Å². The molecule has 3 rings (SSSR count). The van der Waals surface area contributed by atoms with Crippen molar-refractivity contribution in [3.63, 3.8) is 0 Å². The molecule has 0 fully saturated rings. The van der Waals surface area contributed by atoms with Gasteiger partial charge in [-0.25, -0.2) is 12.8 Å². The van der Waals surface area contributed by atoms with E-state index in [0.717, 1.165) is 33.4 Å². The molecule has 0 spiro atoms. The first-order valence-corrected chi connectivity index (χ1v) is 11.3. The second-order valence-corrected chi connectivity index (χ2v) is 9.27. The first kappa shape index (κ1) is 21.4. The molecule has 1 atom stereocenters. The van der Waals surface area contributed by atoms with E-state index < -0.39 is 27.8 Å². The van der Waals surface area contributed by atoms with Crippen LogP contribution in [0.25, 0.3) is 0 Å². The van der Waals surface area contributed by atoms with Gasteiger partial charge < -0.3 is 5.32 Å². The molecule has 0 bridgehead atoms. The van der Waals surface area contributed by atoms with Crippen LogP contribution in [0.1, 0.15) is 5.56 Å². The highest BCUT2D eigenvalue weighted by atomic mass is 127. The summed E-state index contributed by atoms with van der Waals surface area (Å²) in [4.78, 5) is 12.8. The first-order chi connectivity index (χ1) is 13.8. The fourth-order valence-electron chi connectivity index (χ4n) is 2.67. The number of anilines is 1. The van der Waals surface area contributed by atoms with Crippen LogP contribution < -0.4 is 10.0 Å². The number of amides is 1. The quantitative estimate of drug-likeness (QED) is 0.460. The maximum absolute atomic E-state index is 13.1. The molecular formula is C21H18FIN2O3S. The molecule has 0 radical (unpaired) electrons. The summed E-state index contributed by atoms with van der Waals surface area (Å²) in [5, 5.41) is 2.74. The zero-order valence-electron chi connectivity index (χ0n) is 15.2. The summed E-state index contributed by atoms with van der Waals surface area (Å²) >= 11 is 2.15. The Balaban J connectivity index is 1.84. The summed E-state index contributed by atoms with van der Waals surface area (Å²) in [5.74, 6) is -1.03. The third-order valence-electron chi connectivity index (χ3n) is 4.13. The maximum atomic E-state index is 13.1. The number of benzene rings is 3. The fraction of sp³-hybridized carbons (Fsp3) is 0.0952. The van der Waals surface area contributed by atoms with E-state index >= 15 is 0 Å². The molecule has 3 aromatic rings. The van der Waals surface area contributed by atoms with Crippen LogP contribution in [0.3, 0.4) is 0 Å². The third-order valence-corrected chi connectivity index (χ3v) is 6.34. The largest absolute Gasteiger partial charge is 0.325 e. The average molecular weight is 524 g/mol. The molecule has 0 saturated carbocycles. The van der Waals surface area contributed by atoms with Gasteiger partial charge in [-0.1, -0.05) is 30.3 Å². The van der Waals surface area contributed by atoms with Crippen LogP contribution in [-0.4, -0.2) is 20.4 Å². The molecule has 0 aliphatic carbocycles. The molecule has 0 saturated heterocycles. The monoisotopic (exact) mass is 524 g/mol. The highest BCUT2D eigenvalue weighted by Crippen LogP contribution is 2.15. The fourth-order valence-corrected chi connectivity index (χ4v) is 4.22. The lowest BCUT2D eigenvalue weighted by Gasteiger charge is -2.19. The maximum Gasteiger partial charge on any atom is 0.242 e. The van der Waals surface area contributed by atoms with Crippen molar-refractivity contribution in [2.75, 3.05) is 5.32 Å². The number of nitrogens with one attached hydrogen (secondary N) is 2. The van der Waals surface area contributed by atoms with E-state index in [1.165, 1.54) is 0 Å². The van der Waals surface area contributed by atoms with Gasteiger partial charge in [-0.15, -0.1) is 0 Å². The van der Waals surface area contributed by atoms with Gasteiger partial charge in [-0.05, 0) is 83.1 Å². The molecule has 8 heteroatoms. The molecule has 1 amide bonds. The van der Waals surface area contributed by atoms with Crippen LogP contribution in [0.4, 0.5) is 10.1 Å². The summed E-state index contributed by atoms with van der Waals surface area (Å²) in [5.41, 5.74) is 1.37. The van der Waals surface area contributed by atoms with Crippen LogP contribution in [0, 0.1) is 9.39 Å². The SMILES string of the molecule is O=C(Nc1ccc(I)cc1)C(Cc1ccccc1)NS(=O)(=O)c1ccc(F)cc1. The van der Waals surface area contributed by atoms with Crippen molar-refractivity contribution in [2.24, 2.45) is 0 Å². The van der Waals surface area contributed by atoms with Gasteiger partial charge in [0.2, 0.25) is 15.9 Å². The second-order valence-electron chi connectivity index (χ2n) is 6.31. The van der Waals surface area contributed by atoms with Gasteiger partial charge in [0.15, 0.2) is 0 Å². The lowest BCUT2D eigenvalue weighted by molar-refractivity contribution is -0.117. The number of carbonyl (C=O) groups excluding carboxylic acids is 1. The lowest BCUT2D eigenvalue weighted by Crippen LogP contribution is -2.45. The van der Waals surface area contributed by atoms with Crippen LogP contribution in [-0.2, 0) is 21.2 Å². The molecule has 0 aromatic heterocycles.